The summed E-state index contributed by atoms with van der Waals surface area (Å²) in [6.07, 6.45) is 5.19. The topological polar surface area (TPSA) is 37.3 Å². The molecule has 0 aromatic heterocycles. The second-order valence-corrected chi connectivity index (χ2v) is 6.48. The lowest BCUT2D eigenvalue weighted by Crippen LogP contribution is -1.94. The molecule has 0 atom stereocenters. The molecule has 0 saturated carbocycles. The zero-order valence-corrected chi connectivity index (χ0v) is 13.7. The Morgan fingerprint density at radius 2 is 1.50 bits per heavy atom. The van der Waals surface area contributed by atoms with Crippen LogP contribution in [0.5, 0.6) is 0 Å². The van der Waals surface area contributed by atoms with Gasteiger partial charge in [0, 0.05) is 4.90 Å². The van der Waals surface area contributed by atoms with Crippen molar-refractivity contribution in [2.24, 2.45) is 0 Å². The first-order valence-electron chi connectivity index (χ1n) is 7.77. The van der Waals surface area contributed by atoms with Crippen LogP contribution in [0.4, 0.5) is 0 Å². The molecule has 0 aliphatic heterocycles. The Morgan fingerprint density at radius 1 is 0.909 bits per heavy atom. The van der Waals surface area contributed by atoms with Crippen LogP contribution in [0.15, 0.2) is 53.4 Å². The molecule has 2 aromatic carbocycles. The van der Waals surface area contributed by atoms with E-state index >= 15 is 0 Å². The third-order valence-electron chi connectivity index (χ3n) is 3.59. The average Bonchev–Trinajstić information content (AvgIpc) is 2.55. The Morgan fingerprint density at radius 3 is 2.05 bits per heavy atom. The van der Waals surface area contributed by atoms with Crippen molar-refractivity contribution >= 4 is 17.7 Å². The molecule has 0 amide bonds. The number of thioether (sulfide) groups is 1. The van der Waals surface area contributed by atoms with Crippen LogP contribution in [0.2, 0.25) is 0 Å². The van der Waals surface area contributed by atoms with E-state index in [1.807, 2.05) is 23.9 Å². The molecular weight excluding hydrogens is 292 g/mol. The zero-order valence-electron chi connectivity index (χ0n) is 12.9. The van der Waals surface area contributed by atoms with Crippen molar-refractivity contribution in [2.75, 3.05) is 5.75 Å². The van der Waals surface area contributed by atoms with Crippen LogP contribution in [0.25, 0.3) is 11.1 Å². The molecule has 0 heterocycles. The van der Waals surface area contributed by atoms with Gasteiger partial charge in [0.2, 0.25) is 0 Å². The summed E-state index contributed by atoms with van der Waals surface area (Å²) in [6, 6.07) is 15.5. The van der Waals surface area contributed by atoms with Gasteiger partial charge < -0.3 is 5.11 Å². The van der Waals surface area contributed by atoms with Crippen molar-refractivity contribution in [3.05, 3.63) is 54.1 Å². The third kappa shape index (κ3) is 4.92. The molecular formula is C19H22O2S. The van der Waals surface area contributed by atoms with E-state index in [9.17, 15) is 4.79 Å². The molecule has 0 fully saturated rings. The molecule has 2 rings (SSSR count). The molecule has 3 heteroatoms. The molecule has 116 valence electrons. The first-order chi connectivity index (χ1) is 10.7. The van der Waals surface area contributed by atoms with Gasteiger partial charge >= 0.3 is 5.97 Å². The standard InChI is InChI=1S/C19H22O2S/c1-2-3-4-5-14-22-18-12-10-16(11-13-18)15-6-8-17(9-7-15)19(20)21/h6-13H,2-5,14H2,1H3,(H,20,21). The lowest BCUT2D eigenvalue weighted by atomic mass is 10.0. The zero-order chi connectivity index (χ0) is 15.8. The molecule has 0 bridgehead atoms. The van der Waals surface area contributed by atoms with Gasteiger partial charge in [-0.05, 0) is 47.6 Å². The summed E-state index contributed by atoms with van der Waals surface area (Å²) in [5, 5.41) is 8.92. The second-order valence-electron chi connectivity index (χ2n) is 5.32. The van der Waals surface area contributed by atoms with E-state index in [0.29, 0.717) is 5.56 Å². The minimum atomic E-state index is -0.888. The molecule has 0 unspecified atom stereocenters. The van der Waals surface area contributed by atoms with Gasteiger partial charge in [-0.1, -0.05) is 50.5 Å². The quantitative estimate of drug-likeness (QED) is 0.500. The predicted molar refractivity (Wildman–Crippen MR) is 93.7 cm³/mol. The summed E-state index contributed by atoms with van der Waals surface area (Å²) in [4.78, 5) is 12.2. The smallest absolute Gasteiger partial charge is 0.335 e. The van der Waals surface area contributed by atoms with Gasteiger partial charge in [0.05, 0.1) is 5.56 Å². The van der Waals surface area contributed by atoms with Crippen LogP contribution >= 0.6 is 11.8 Å². The van der Waals surface area contributed by atoms with E-state index in [1.54, 1.807) is 12.1 Å². The SMILES string of the molecule is CCCCCCSc1ccc(-c2ccc(C(=O)O)cc2)cc1. The van der Waals surface area contributed by atoms with Crippen molar-refractivity contribution in [2.45, 2.75) is 37.5 Å². The molecule has 0 radical (unpaired) electrons. The van der Waals surface area contributed by atoms with Gasteiger partial charge in [0.25, 0.3) is 0 Å². The van der Waals surface area contributed by atoms with Crippen LogP contribution in [-0.2, 0) is 0 Å². The molecule has 0 saturated heterocycles. The minimum Gasteiger partial charge on any atom is -0.478 e. The van der Waals surface area contributed by atoms with Crippen LogP contribution in [-0.4, -0.2) is 16.8 Å². The van der Waals surface area contributed by atoms with E-state index in [0.717, 1.165) is 11.1 Å². The largest absolute Gasteiger partial charge is 0.478 e. The average molecular weight is 314 g/mol. The number of carboxylic acid groups (broad SMARTS) is 1. The number of hydrogen-bond acceptors (Lipinski definition) is 2. The Labute approximate surface area is 136 Å². The van der Waals surface area contributed by atoms with Crippen molar-refractivity contribution in [3.8, 4) is 11.1 Å². The van der Waals surface area contributed by atoms with Crippen molar-refractivity contribution in [3.63, 3.8) is 0 Å². The van der Waals surface area contributed by atoms with Crippen molar-refractivity contribution < 1.29 is 9.90 Å². The number of aromatic carboxylic acids is 1. The molecule has 0 aliphatic rings. The summed E-state index contributed by atoms with van der Waals surface area (Å²) >= 11 is 1.90. The van der Waals surface area contributed by atoms with Crippen LogP contribution in [0.3, 0.4) is 0 Å². The summed E-state index contributed by atoms with van der Waals surface area (Å²) < 4.78 is 0. The molecule has 2 aromatic rings. The minimum absolute atomic E-state index is 0.322. The fourth-order valence-corrected chi connectivity index (χ4v) is 3.18. The Bertz CT molecular complexity index is 588. The van der Waals surface area contributed by atoms with E-state index in [1.165, 1.54) is 36.3 Å². The highest BCUT2D eigenvalue weighted by molar-refractivity contribution is 7.99. The molecule has 0 aliphatic carbocycles. The predicted octanol–water partition coefficient (Wildman–Crippen LogP) is 5.72. The molecule has 1 N–H and O–H groups in total. The Balaban J connectivity index is 1.92. The van der Waals surface area contributed by atoms with Crippen molar-refractivity contribution in [1.29, 1.82) is 0 Å². The van der Waals surface area contributed by atoms with Gasteiger partial charge in [0.1, 0.15) is 0 Å². The van der Waals surface area contributed by atoms with Gasteiger partial charge in [-0.25, -0.2) is 4.79 Å². The monoisotopic (exact) mass is 314 g/mol. The number of rotatable bonds is 8. The van der Waals surface area contributed by atoms with Crippen LogP contribution in [0.1, 0.15) is 43.0 Å². The van der Waals surface area contributed by atoms with E-state index in [2.05, 4.69) is 31.2 Å². The summed E-state index contributed by atoms with van der Waals surface area (Å²) in [6.45, 7) is 2.23. The third-order valence-corrected chi connectivity index (χ3v) is 4.68. The van der Waals surface area contributed by atoms with Gasteiger partial charge in [-0.3, -0.25) is 0 Å². The Hall–Kier alpha value is -1.74. The fraction of sp³-hybridized carbons (Fsp3) is 0.316. The summed E-state index contributed by atoms with van der Waals surface area (Å²) in [5.41, 5.74) is 2.49. The van der Waals surface area contributed by atoms with E-state index in [4.69, 9.17) is 5.11 Å². The Kier molecular flexibility index (Phi) is 6.53. The lowest BCUT2D eigenvalue weighted by molar-refractivity contribution is 0.0697. The van der Waals surface area contributed by atoms with Gasteiger partial charge in [-0.15, -0.1) is 11.8 Å². The number of carboxylic acids is 1. The molecule has 22 heavy (non-hydrogen) atoms. The van der Waals surface area contributed by atoms with Gasteiger partial charge in [0.15, 0.2) is 0 Å². The maximum absolute atomic E-state index is 10.9. The number of hydrogen-bond donors (Lipinski definition) is 1. The van der Waals surface area contributed by atoms with Crippen LogP contribution < -0.4 is 0 Å². The normalized spacial score (nSPS) is 10.6. The second kappa shape index (κ2) is 8.64. The maximum Gasteiger partial charge on any atom is 0.335 e. The summed E-state index contributed by atoms with van der Waals surface area (Å²) in [5.74, 6) is 0.286. The van der Waals surface area contributed by atoms with Gasteiger partial charge in [-0.2, -0.15) is 0 Å². The first kappa shape index (κ1) is 16.6. The van der Waals surface area contributed by atoms with E-state index in [-0.39, 0.29) is 0 Å². The first-order valence-corrected chi connectivity index (χ1v) is 8.76. The maximum atomic E-state index is 10.9. The lowest BCUT2D eigenvalue weighted by Gasteiger charge is -2.05. The van der Waals surface area contributed by atoms with Crippen molar-refractivity contribution in [1.82, 2.24) is 0 Å². The number of benzene rings is 2. The summed E-state index contributed by atoms with van der Waals surface area (Å²) in [7, 11) is 0. The van der Waals surface area contributed by atoms with Crippen LogP contribution in [0, 0.1) is 0 Å². The highest BCUT2D eigenvalue weighted by Crippen LogP contribution is 2.25. The highest BCUT2D eigenvalue weighted by atomic mass is 32.2. The molecule has 2 nitrogen and oxygen atoms in total. The molecule has 0 spiro atoms. The fourth-order valence-electron chi connectivity index (χ4n) is 2.27. The number of unbranched alkanes of at least 4 members (excludes halogenated alkanes) is 3. The van der Waals surface area contributed by atoms with E-state index < -0.39 is 5.97 Å². The highest BCUT2D eigenvalue weighted by Gasteiger charge is 2.03. The number of carbonyl (C=O) groups is 1.